The lowest BCUT2D eigenvalue weighted by molar-refractivity contribution is 0.316. The van der Waals surface area contributed by atoms with Gasteiger partial charge >= 0.3 is 0 Å². The van der Waals surface area contributed by atoms with Gasteiger partial charge in [0.15, 0.2) is 17.3 Å². The van der Waals surface area contributed by atoms with E-state index in [1.165, 1.54) is 6.33 Å². The molecule has 3 aromatic rings. The Morgan fingerprint density at radius 3 is 2.77 bits per heavy atom. The third-order valence-electron chi connectivity index (χ3n) is 4.91. The highest BCUT2D eigenvalue weighted by atomic mass is 19.2. The summed E-state index contributed by atoms with van der Waals surface area (Å²) in [7, 11) is 0. The second-order valence-electron chi connectivity index (χ2n) is 6.44. The van der Waals surface area contributed by atoms with Crippen molar-refractivity contribution in [3.8, 4) is 0 Å². The minimum Gasteiger partial charge on any atom is -0.349 e. The molecule has 26 heavy (non-hydrogen) atoms. The molecule has 132 valence electrons. The van der Waals surface area contributed by atoms with Crippen LogP contribution in [0.1, 0.15) is 24.6 Å². The fourth-order valence-electron chi connectivity index (χ4n) is 3.75. The average molecular weight is 357 g/mol. The van der Waals surface area contributed by atoms with Crippen molar-refractivity contribution in [1.82, 2.24) is 19.5 Å². The first-order valence-electron chi connectivity index (χ1n) is 8.31. The first kappa shape index (κ1) is 15.2. The molecule has 0 spiro atoms. The number of anilines is 1. The second kappa shape index (κ2) is 5.48. The Labute approximate surface area is 147 Å². The summed E-state index contributed by atoms with van der Waals surface area (Å²) in [5.41, 5.74) is 2.62. The van der Waals surface area contributed by atoms with Gasteiger partial charge in [-0.3, -0.25) is 0 Å². The van der Waals surface area contributed by atoms with E-state index in [2.05, 4.69) is 15.0 Å². The van der Waals surface area contributed by atoms with Crippen LogP contribution < -0.4 is 4.90 Å². The van der Waals surface area contributed by atoms with Crippen LogP contribution in [-0.4, -0.2) is 26.0 Å². The summed E-state index contributed by atoms with van der Waals surface area (Å²) < 4.78 is 43.2. The van der Waals surface area contributed by atoms with Crippen molar-refractivity contribution in [3.05, 3.63) is 71.7 Å². The molecule has 0 aliphatic carbocycles. The van der Waals surface area contributed by atoms with E-state index in [0.717, 1.165) is 36.7 Å². The standard InChI is InChI=1S/C18H14F3N5/c19-13-6-15(21)16(7-14(13)20)25-9-12-2-1-5-24(12)18(25)11-3-4-17-22-10-23-26(17)8-11/h3-4,6-10,18H,1-2,5H2. The van der Waals surface area contributed by atoms with Crippen molar-refractivity contribution in [2.75, 3.05) is 11.4 Å². The summed E-state index contributed by atoms with van der Waals surface area (Å²) in [5, 5.41) is 4.15. The monoisotopic (exact) mass is 357 g/mol. The summed E-state index contributed by atoms with van der Waals surface area (Å²) in [6.45, 7) is 0.813. The molecule has 0 radical (unpaired) electrons. The average Bonchev–Trinajstić information content (AvgIpc) is 3.32. The van der Waals surface area contributed by atoms with Crippen molar-refractivity contribution in [2.24, 2.45) is 0 Å². The van der Waals surface area contributed by atoms with Crippen molar-refractivity contribution in [1.29, 1.82) is 0 Å². The Hall–Kier alpha value is -3.03. The molecule has 5 rings (SSSR count). The number of pyridine rings is 1. The number of aromatic nitrogens is 3. The molecule has 1 unspecified atom stereocenters. The van der Waals surface area contributed by atoms with Gasteiger partial charge in [-0.2, -0.15) is 5.10 Å². The fraction of sp³-hybridized carbons (Fsp3) is 0.222. The van der Waals surface area contributed by atoms with Gasteiger partial charge in [-0.25, -0.2) is 22.7 Å². The largest absolute Gasteiger partial charge is 0.349 e. The van der Waals surface area contributed by atoms with Crippen LogP contribution in [0.5, 0.6) is 0 Å². The lowest BCUT2D eigenvalue weighted by atomic mass is 10.1. The Morgan fingerprint density at radius 1 is 1.04 bits per heavy atom. The lowest BCUT2D eigenvalue weighted by Gasteiger charge is -2.32. The summed E-state index contributed by atoms with van der Waals surface area (Å²) >= 11 is 0. The van der Waals surface area contributed by atoms with Crippen LogP contribution in [0.4, 0.5) is 18.9 Å². The molecule has 1 atom stereocenters. The molecule has 2 aromatic heterocycles. The molecule has 1 saturated heterocycles. The van der Waals surface area contributed by atoms with Gasteiger partial charge in [0, 0.05) is 42.3 Å². The van der Waals surface area contributed by atoms with E-state index in [1.807, 2.05) is 24.5 Å². The first-order valence-corrected chi connectivity index (χ1v) is 8.31. The minimum absolute atomic E-state index is 0.00878. The maximum atomic E-state index is 14.4. The molecule has 0 amide bonds. The SMILES string of the molecule is Fc1cc(F)c(N2C=C3CCCN3C2c2ccc3ncnn3c2)cc1F. The summed E-state index contributed by atoms with van der Waals surface area (Å²) in [5.74, 6) is -3.06. The molecule has 2 aliphatic heterocycles. The van der Waals surface area contributed by atoms with Gasteiger partial charge in [-0.1, -0.05) is 0 Å². The number of halogens is 3. The number of allylic oxidation sites excluding steroid dienone is 1. The van der Waals surface area contributed by atoms with Gasteiger partial charge in [0.05, 0.1) is 5.69 Å². The van der Waals surface area contributed by atoms with Crippen molar-refractivity contribution < 1.29 is 13.2 Å². The first-order chi connectivity index (χ1) is 12.6. The van der Waals surface area contributed by atoms with Crippen LogP contribution in [0.25, 0.3) is 5.65 Å². The molecule has 0 bridgehead atoms. The van der Waals surface area contributed by atoms with Gasteiger partial charge in [-0.05, 0) is 25.0 Å². The van der Waals surface area contributed by atoms with E-state index in [-0.39, 0.29) is 11.9 Å². The summed E-state index contributed by atoms with van der Waals surface area (Å²) in [4.78, 5) is 7.93. The van der Waals surface area contributed by atoms with Crippen molar-refractivity contribution >= 4 is 11.3 Å². The van der Waals surface area contributed by atoms with E-state index < -0.39 is 17.5 Å². The Balaban J connectivity index is 1.65. The van der Waals surface area contributed by atoms with Gasteiger partial charge in [0.2, 0.25) is 0 Å². The predicted molar refractivity (Wildman–Crippen MR) is 88.5 cm³/mol. The Kier molecular flexibility index (Phi) is 3.22. The fourth-order valence-corrected chi connectivity index (χ4v) is 3.75. The Morgan fingerprint density at radius 2 is 1.88 bits per heavy atom. The molecule has 1 fully saturated rings. The maximum Gasteiger partial charge on any atom is 0.161 e. The van der Waals surface area contributed by atoms with Crippen LogP contribution in [0, 0.1) is 17.5 Å². The third-order valence-corrected chi connectivity index (χ3v) is 4.91. The number of fused-ring (bicyclic) bond motifs is 2. The van der Waals surface area contributed by atoms with Gasteiger partial charge < -0.3 is 9.80 Å². The predicted octanol–water partition coefficient (Wildman–Crippen LogP) is 3.60. The van der Waals surface area contributed by atoms with Gasteiger partial charge in [0.1, 0.15) is 18.3 Å². The zero-order chi connectivity index (χ0) is 17.8. The van der Waals surface area contributed by atoms with Crippen LogP contribution in [-0.2, 0) is 0 Å². The van der Waals surface area contributed by atoms with Crippen LogP contribution in [0.3, 0.4) is 0 Å². The zero-order valence-corrected chi connectivity index (χ0v) is 13.6. The zero-order valence-electron chi connectivity index (χ0n) is 13.6. The number of rotatable bonds is 2. The van der Waals surface area contributed by atoms with Gasteiger partial charge in [-0.15, -0.1) is 0 Å². The van der Waals surface area contributed by atoms with E-state index in [0.29, 0.717) is 11.7 Å². The number of hydrogen-bond donors (Lipinski definition) is 0. The molecule has 4 heterocycles. The summed E-state index contributed by atoms with van der Waals surface area (Å²) in [6.07, 6.45) is 6.62. The molecule has 0 N–H and O–H groups in total. The highest BCUT2D eigenvalue weighted by Crippen LogP contribution is 2.43. The minimum atomic E-state index is -1.20. The van der Waals surface area contributed by atoms with E-state index in [4.69, 9.17) is 0 Å². The highest BCUT2D eigenvalue weighted by Gasteiger charge is 2.38. The normalized spacial score (nSPS) is 19.3. The van der Waals surface area contributed by atoms with E-state index in [9.17, 15) is 13.2 Å². The summed E-state index contributed by atoms with van der Waals surface area (Å²) in [6, 6.07) is 5.22. The molecule has 2 aliphatic rings. The van der Waals surface area contributed by atoms with Crippen LogP contribution in [0.2, 0.25) is 0 Å². The Bertz CT molecular complexity index is 1040. The van der Waals surface area contributed by atoms with E-state index >= 15 is 0 Å². The number of benzene rings is 1. The van der Waals surface area contributed by atoms with Crippen LogP contribution >= 0.6 is 0 Å². The maximum absolute atomic E-state index is 14.4. The molecule has 1 aromatic carbocycles. The number of nitrogens with zero attached hydrogens (tertiary/aromatic N) is 5. The smallest absolute Gasteiger partial charge is 0.161 e. The molecule has 5 nitrogen and oxygen atoms in total. The molecule has 8 heteroatoms. The lowest BCUT2D eigenvalue weighted by Crippen LogP contribution is -2.31. The second-order valence-corrected chi connectivity index (χ2v) is 6.44. The number of hydrogen-bond acceptors (Lipinski definition) is 4. The van der Waals surface area contributed by atoms with Crippen molar-refractivity contribution in [2.45, 2.75) is 19.0 Å². The highest BCUT2D eigenvalue weighted by molar-refractivity contribution is 5.56. The topological polar surface area (TPSA) is 36.7 Å². The van der Waals surface area contributed by atoms with E-state index in [1.54, 1.807) is 9.42 Å². The molecule has 0 saturated carbocycles. The van der Waals surface area contributed by atoms with Crippen molar-refractivity contribution in [3.63, 3.8) is 0 Å². The molecular formula is C18H14F3N5. The third kappa shape index (κ3) is 2.18. The van der Waals surface area contributed by atoms with Crippen LogP contribution in [0.15, 0.2) is 48.7 Å². The van der Waals surface area contributed by atoms with Gasteiger partial charge in [0.25, 0.3) is 0 Å². The molecular weight excluding hydrogens is 343 g/mol. The quantitative estimate of drug-likeness (QED) is 0.657.